The van der Waals surface area contributed by atoms with Gasteiger partial charge in [0.15, 0.2) is 0 Å². The second kappa shape index (κ2) is 7.90. The van der Waals surface area contributed by atoms with E-state index < -0.39 is 11.7 Å². The van der Waals surface area contributed by atoms with Gasteiger partial charge in [-0.25, -0.2) is 4.98 Å². The molecule has 3 aromatic rings. The van der Waals surface area contributed by atoms with Crippen LogP contribution >= 0.6 is 0 Å². The van der Waals surface area contributed by atoms with Crippen molar-refractivity contribution in [2.24, 2.45) is 0 Å². The lowest BCUT2D eigenvalue weighted by molar-refractivity contribution is -0.137. The molecule has 7 heteroatoms. The quantitative estimate of drug-likeness (QED) is 0.562. The van der Waals surface area contributed by atoms with E-state index in [1.807, 2.05) is 30.3 Å². The summed E-state index contributed by atoms with van der Waals surface area (Å²) in [5, 5.41) is 6.06. The smallest absolute Gasteiger partial charge is 0.351 e. The zero-order chi connectivity index (χ0) is 19.3. The first-order valence-corrected chi connectivity index (χ1v) is 8.19. The molecule has 4 nitrogen and oxygen atoms in total. The van der Waals surface area contributed by atoms with Crippen molar-refractivity contribution in [1.82, 2.24) is 9.97 Å². The van der Waals surface area contributed by atoms with E-state index in [9.17, 15) is 13.2 Å². The van der Waals surface area contributed by atoms with Crippen molar-refractivity contribution >= 4 is 17.5 Å². The van der Waals surface area contributed by atoms with Crippen LogP contribution in [0.15, 0.2) is 73.3 Å². The van der Waals surface area contributed by atoms with Crippen LogP contribution in [0.25, 0.3) is 11.3 Å². The van der Waals surface area contributed by atoms with Crippen molar-refractivity contribution in [3.05, 3.63) is 78.9 Å². The molecule has 0 aliphatic carbocycles. The van der Waals surface area contributed by atoms with Gasteiger partial charge >= 0.3 is 6.18 Å². The summed E-state index contributed by atoms with van der Waals surface area (Å²) >= 11 is 0. The Hall–Kier alpha value is -3.35. The normalized spacial score (nSPS) is 11.1. The summed E-state index contributed by atoms with van der Waals surface area (Å²) in [6.45, 7) is 4.13. The average molecular weight is 370 g/mol. The Bertz CT molecular complexity index is 907. The van der Waals surface area contributed by atoms with Crippen molar-refractivity contribution in [3.63, 3.8) is 0 Å². The second-order valence-electron chi connectivity index (χ2n) is 5.70. The van der Waals surface area contributed by atoms with E-state index in [0.717, 1.165) is 17.7 Å². The van der Waals surface area contributed by atoms with Gasteiger partial charge in [-0.05, 0) is 24.3 Å². The minimum atomic E-state index is -4.37. The number of halogens is 3. The molecule has 3 rings (SSSR count). The molecule has 0 saturated heterocycles. The van der Waals surface area contributed by atoms with Gasteiger partial charge in [0.05, 0.1) is 11.3 Å². The number of hydrogen-bond donors (Lipinski definition) is 2. The third-order valence-electron chi connectivity index (χ3n) is 3.68. The SMILES string of the molecule is C=CCNc1nc(Nc2ccc(C(F)(F)F)cc2)cc(-c2ccccc2)n1. The number of nitrogens with one attached hydrogen (secondary N) is 2. The zero-order valence-electron chi connectivity index (χ0n) is 14.3. The Morgan fingerprint density at radius 1 is 0.963 bits per heavy atom. The summed E-state index contributed by atoms with van der Waals surface area (Å²) in [6, 6.07) is 16.1. The van der Waals surface area contributed by atoms with Crippen LogP contribution in [0.3, 0.4) is 0 Å². The van der Waals surface area contributed by atoms with Gasteiger partial charge in [0.2, 0.25) is 5.95 Å². The van der Waals surface area contributed by atoms with E-state index in [0.29, 0.717) is 29.7 Å². The highest BCUT2D eigenvalue weighted by molar-refractivity contribution is 5.67. The number of alkyl halides is 3. The van der Waals surface area contributed by atoms with Crippen LogP contribution in [0.5, 0.6) is 0 Å². The van der Waals surface area contributed by atoms with E-state index >= 15 is 0 Å². The van der Waals surface area contributed by atoms with Crippen molar-refractivity contribution < 1.29 is 13.2 Å². The molecule has 0 amide bonds. The Morgan fingerprint density at radius 2 is 1.67 bits per heavy atom. The first kappa shape index (κ1) is 18.4. The molecule has 0 radical (unpaired) electrons. The third-order valence-corrected chi connectivity index (χ3v) is 3.68. The number of benzene rings is 2. The molecule has 1 heterocycles. The topological polar surface area (TPSA) is 49.8 Å². The molecule has 0 bridgehead atoms. The van der Waals surface area contributed by atoms with Crippen molar-refractivity contribution in [2.75, 3.05) is 17.2 Å². The molecule has 2 N–H and O–H groups in total. The van der Waals surface area contributed by atoms with Gasteiger partial charge in [-0.15, -0.1) is 6.58 Å². The second-order valence-corrected chi connectivity index (χ2v) is 5.70. The number of anilines is 3. The third kappa shape index (κ3) is 4.84. The maximum atomic E-state index is 12.7. The monoisotopic (exact) mass is 370 g/mol. The van der Waals surface area contributed by atoms with Gasteiger partial charge in [-0.2, -0.15) is 18.2 Å². The molecule has 0 atom stereocenters. The number of nitrogens with zero attached hydrogens (tertiary/aromatic N) is 2. The molecule has 0 aliphatic heterocycles. The fourth-order valence-electron chi connectivity index (χ4n) is 2.40. The lowest BCUT2D eigenvalue weighted by atomic mass is 10.1. The average Bonchev–Trinajstić information content (AvgIpc) is 2.66. The fourth-order valence-corrected chi connectivity index (χ4v) is 2.40. The summed E-state index contributed by atoms with van der Waals surface area (Å²) in [5.41, 5.74) is 1.38. The Labute approximate surface area is 154 Å². The first-order chi connectivity index (χ1) is 13.0. The van der Waals surface area contributed by atoms with E-state index in [2.05, 4.69) is 27.2 Å². The first-order valence-electron chi connectivity index (χ1n) is 8.19. The molecule has 138 valence electrons. The summed E-state index contributed by atoms with van der Waals surface area (Å²) < 4.78 is 38.1. The number of rotatable bonds is 6. The molecule has 0 unspecified atom stereocenters. The largest absolute Gasteiger partial charge is 0.416 e. The Morgan fingerprint density at radius 3 is 2.30 bits per heavy atom. The molecule has 0 fully saturated rings. The van der Waals surface area contributed by atoms with E-state index in [4.69, 9.17) is 0 Å². The summed E-state index contributed by atoms with van der Waals surface area (Å²) in [4.78, 5) is 8.83. The lowest BCUT2D eigenvalue weighted by Crippen LogP contribution is -2.06. The highest BCUT2D eigenvalue weighted by Crippen LogP contribution is 2.30. The standard InChI is InChI=1S/C20H17F3N4/c1-2-12-24-19-26-17(14-6-4-3-5-7-14)13-18(27-19)25-16-10-8-15(9-11-16)20(21,22)23/h2-11,13H,1,12H2,(H2,24,25,26,27). The van der Waals surface area contributed by atoms with Crippen LogP contribution in [-0.4, -0.2) is 16.5 Å². The Balaban J connectivity index is 1.90. The van der Waals surface area contributed by atoms with Crippen LogP contribution in [0.4, 0.5) is 30.6 Å². The Kier molecular flexibility index (Phi) is 5.40. The van der Waals surface area contributed by atoms with Crippen LogP contribution < -0.4 is 10.6 Å². The molecule has 2 aromatic carbocycles. The molecular weight excluding hydrogens is 353 g/mol. The highest BCUT2D eigenvalue weighted by atomic mass is 19.4. The minimum Gasteiger partial charge on any atom is -0.351 e. The number of aromatic nitrogens is 2. The summed E-state index contributed by atoms with van der Waals surface area (Å²) in [5.74, 6) is 0.862. The van der Waals surface area contributed by atoms with Crippen molar-refractivity contribution in [1.29, 1.82) is 0 Å². The maximum absolute atomic E-state index is 12.7. The highest BCUT2D eigenvalue weighted by Gasteiger charge is 2.29. The van der Waals surface area contributed by atoms with E-state index in [1.54, 1.807) is 12.1 Å². The molecular formula is C20H17F3N4. The van der Waals surface area contributed by atoms with Crippen molar-refractivity contribution in [3.8, 4) is 11.3 Å². The lowest BCUT2D eigenvalue weighted by Gasteiger charge is -2.12. The van der Waals surface area contributed by atoms with Crippen molar-refractivity contribution in [2.45, 2.75) is 6.18 Å². The van der Waals surface area contributed by atoms with Gasteiger partial charge in [0.25, 0.3) is 0 Å². The predicted octanol–water partition coefficient (Wildman–Crippen LogP) is 5.50. The van der Waals surface area contributed by atoms with Crippen LogP contribution in [0.2, 0.25) is 0 Å². The van der Waals surface area contributed by atoms with Crippen LogP contribution in [0, 0.1) is 0 Å². The summed E-state index contributed by atoms with van der Waals surface area (Å²) in [7, 11) is 0. The van der Waals surface area contributed by atoms with Gasteiger partial charge < -0.3 is 10.6 Å². The van der Waals surface area contributed by atoms with E-state index in [-0.39, 0.29) is 0 Å². The van der Waals surface area contributed by atoms with E-state index in [1.165, 1.54) is 12.1 Å². The minimum absolute atomic E-state index is 0.394. The fraction of sp³-hybridized carbons (Fsp3) is 0.100. The van der Waals surface area contributed by atoms with Gasteiger partial charge in [-0.1, -0.05) is 36.4 Å². The zero-order valence-corrected chi connectivity index (χ0v) is 14.3. The molecule has 0 saturated carbocycles. The summed E-state index contributed by atoms with van der Waals surface area (Å²) in [6.07, 6.45) is -2.68. The predicted molar refractivity (Wildman–Crippen MR) is 101 cm³/mol. The van der Waals surface area contributed by atoms with Gasteiger partial charge in [-0.3, -0.25) is 0 Å². The molecule has 0 aliphatic rings. The molecule has 0 spiro atoms. The number of hydrogen-bond acceptors (Lipinski definition) is 4. The van der Waals surface area contributed by atoms with Crippen LogP contribution in [-0.2, 0) is 6.18 Å². The molecule has 1 aromatic heterocycles. The maximum Gasteiger partial charge on any atom is 0.416 e. The molecule has 27 heavy (non-hydrogen) atoms. The van der Waals surface area contributed by atoms with Crippen LogP contribution in [0.1, 0.15) is 5.56 Å². The van der Waals surface area contributed by atoms with Gasteiger partial charge in [0.1, 0.15) is 5.82 Å². The van der Waals surface area contributed by atoms with Gasteiger partial charge in [0, 0.05) is 23.9 Å².